The SMILES string of the molecule is Cc1ccc(Cn2cncc2CCl)nc1. The number of pyridine rings is 1. The molecule has 2 aromatic heterocycles. The van der Waals surface area contributed by atoms with Crippen molar-refractivity contribution in [2.75, 3.05) is 0 Å². The van der Waals surface area contributed by atoms with Gasteiger partial charge >= 0.3 is 0 Å². The Morgan fingerprint density at radius 1 is 1.33 bits per heavy atom. The predicted octanol–water partition coefficient (Wildman–Crippen LogP) is 2.37. The molecule has 0 atom stereocenters. The molecule has 0 bridgehead atoms. The van der Waals surface area contributed by atoms with E-state index >= 15 is 0 Å². The van der Waals surface area contributed by atoms with Gasteiger partial charge in [-0.1, -0.05) is 6.07 Å². The molecular weight excluding hydrogens is 210 g/mol. The second-order valence-electron chi connectivity index (χ2n) is 3.47. The average molecular weight is 222 g/mol. The first kappa shape index (κ1) is 10.2. The van der Waals surface area contributed by atoms with Crippen LogP contribution in [0.3, 0.4) is 0 Å². The zero-order valence-electron chi connectivity index (χ0n) is 8.52. The van der Waals surface area contributed by atoms with Crippen LogP contribution in [-0.4, -0.2) is 14.5 Å². The van der Waals surface area contributed by atoms with Crippen molar-refractivity contribution < 1.29 is 0 Å². The van der Waals surface area contributed by atoms with Crippen molar-refractivity contribution in [3.8, 4) is 0 Å². The number of hydrogen-bond donors (Lipinski definition) is 0. The number of rotatable bonds is 3. The molecule has 0 aliphatic carbocycles. The van der Waals surface area contributed by atoms with E-state index < -0.39 is 0 Å². The molecule has 78 valence electrons. The maximum Gasteiger partial charge on any atom is 0.0952 e. The third kappa shape index (κ3) is 2.36. The van der Waals surface area contributed by atoms with Crippen LogP contribution in [0.1, 0.15) is 17.0 Å². The van der Waals surface area contributed by atoms with E-state index in [4.69, 9.17) is 11.6 Å². The highest BCUT2D eigenvalue weighted by molar-refractivity contribution is 6.16. The number of aromatic nitrogens is 3. The first-order valence-corrected chi connectivity index (χ1v) is 5.29. The number of halogens is 1. The van der Waals surface area contributed by atoms with Gasteiger partial charge in [0.15, 0.2) is 0 Å². The number of alkyl halides is 1. The van der Waals surface area contributed by atoms with E-state index in [0.717, 1.165) is 17.9 Å². The summed E-state index contributed by atoms with van der Waals surface area (Å²) in [5.74, 6) is 0.478. The Balaban J connectivity index is 2.18. The van der Waals surface area contributed by atoms with Gasteiger partial charge in [0.05, 0.1) is 30.1 Å². The van der Waals surface area contributed by atoms with E-state index in [9.17, 15) is 0 Å². The monoisotopic (exact) mass is 221 g/mol. The van der Waals surface area contributed by atoms with Crippen molar-refractivity contribution in [2.24, 2.45) is 0 Å². The first-order valence-electron chi connectivity index (χ1n) is 4.76. The summed E-state index contributed by atoms with van der Waals surface area (Å²) < 4.78 is 2.00. The fourth-order valence-corrected chi connectivity index (χ4v) is 1.59. The van der Waals surface area contributed by atoms with Crippen LogP contribution >= 0.6 is 11.6 Å². The van der Waals surface area contributed by atoms with Crippen LogP contribution in [0.2, 0.25) is 0 Å². The van der Waals surface area contributed by atoms with Crippen LogP contribution in [0.15, 0.2) is 30.9 Å². The molecule has 4 heteroatoms. The molecule has 0 amide bonds. The van der Waals surface area contributed by atoms with E-state index in [0.29, 0.717) is 5.88 Å². The van der Waals surface area contributed by atoms with Crippen molar-refractivity contribution >= 4 is 11.6 Å². The zero-order chi connectivity index (χ0) is 10.7. The van der Waals surface area contributed by atoms with Gasteiger partial charge in [-0.15, -0.1) is 11.6 Å². The van der Waals surface area contributed by atoms with E-state index in [2.05, 4.69) is 16.0 Å². The Kier molecular flexibility index (Phi) is 3.02. The predicted molar refractivity (Wildman–Crippen MR) is 59.9 cm³/mol. The van der Waals surface area contributed by atoms with Gasteiger partial charge in [-0.05, 0) is 18.6 Å². The third-order valence-corrected chi connectivity index (χ3v) is 2.51. The minimum atomic E-state index is 0.478. The highest BCUT2D eigenvalue weighted by Gasteiger charge is 2.01. The van der Waals surface area contributed by atoms with Crippen LogP contribution in [0.4, 0.5) is 0 Å². The summed E-state index contributed by atoms with van der Waals surface area (Å²) in [6.45, 7) is 2.75. The van der Waals surface area contributed by atoms with Crippen molar-refractivity contribution in [2.45, 2.75) is 19.3 Å². The molecule has 0 spiro atoms. The average Bonchev–Trinajstić information content (AvgIpc) is 2.69. The molecule has 15 heavy (non-hydrogen) atoms. The lowest BCUT2D eigenvalue weighted by molar-refractivity contribution is 0.744. The molecule has 0 N–H and O–H groups in total. The van der Waals surface area contributed by atoms with Gasteiger partial charge in [0.2, 0.25) is 0 Å². The maximum absolute atomic E-state index is 5.78. The molecule has 0 fully saturated rings. The van der Waals surface area contributed by atoms with Crippen molar-refractivity contribution in [3.05, 3.63) is 47.8 Å². The van der Waals surface area contributed by atoms with Gasteiger partial charge in [-0.25, -0.2) is 4.98 Å². The number of aryl methyl sites for hydroxylation is 1. The molecule has 3 nitrogen and oxygen atoms in total. The van der Waals surface area contributed by atoms with Gasteiger partial charge in [0.25, 0.3) is 0 Å². The quantitative estimate of drug-likeness (QED) is 0.746. The fourth-order valence-electron chi connectivity index (χ4n) is 1.37. The summed E-state index contributed by atoms with van der Waals surface area (Å²) in [6, 6.07) is 4.08. The summed E-state index contributed by atoms with van der Waals surface area (Å²) in [5, 5.41) is 0. The lowest BCUT2D eigenvalue weighted by atomic mass is 10.3. The van der Waals surface area contributed by atoms with Crippen LogP contribution in [0.5, 0.6) is 0 Å². The maximum atomic E-state index is 5.78. The van der Waals surface area contributed by atoms with Crippen LogP contribution in [0.25, 0.3) is 0 Å². The molecule has 0 aliphatic rings. The second kappa shape index (κ2) is 4.45. The second-order valence-corrected chi connectivity index (χ2v) is 3.74. The van der Waals surface area contributed by atoms with Crippen molar-refractivity contribution in [1.29, 1.82) is 0 Å². The Morgan fingerprint density at radius 3 is 2.87 bits per heavy atom. The summed E-state index contributed by atoms with van der Waals surface area (Å²) >= 11 is 5.78. The molecular formula is C11H12ClN3. The summed E-state index contributed by atoms with van der Waals surface area (Å²) in [5.41, 5.74) is 3.20. The third-order valence-electron chi connectivity index (χ3n) is 2.24. The van der Waals surface area contributed by atoms with Crippen LogP contribution in [-0.2, 0) is 12.4 Å². The molecule has 0 saturated carbocycles. The van der Waals surface area contributed by atoms with Gasteiger partial charge in [0.1, 0.15) is 0 Å². The molecule has 2 rings (SSSR count). The number of nitrogens with zero attached hydrogens (tertiary/aromatic N) is 3. The standard InChI is InChI=1S/C11H12ClN3/c1-9-2-3-10(14-5-9)7-15-8-13-6-11(15)4-12/h2-3,5-6,8H,4,7H2,1H3. The van der Waals surface area contributed by atoms with E-state index in [1.807, 2.05) is 23.8 Å². The Morgan fingerprint density at radius 2 is 2.20 bits per heavy atom. The number of imidazole rings is 1. The molecule has 0 unspecified atom stereocenters. The van der Waals surface area contributed by atoms with E-state index in [1.54, 1.807) is 12.5 Å². The van der Waals surface area contributed by atoms with Crippen molar-refractivity contribution in [3.63, 3.8) is 0 Å². The fraction of sp³-hybridized carbons (Fsp3) is 0.273. The molecule has 0 radical (unpaired) electrons. The Labute approximate surface area is 93.7 Å². The largest absolute Gasteiger partial charge is 0.327 e. The highest BCUT2D eigenvalue weighted by atomic mass is 35.5. The van der Waals surface area contributed by atoms with Gasteiger partial charge < -0.3 is 4.57 Å². The molecule has 2 heterocycles. The minimum absolute atomic E-state index is 0.478. The van der Waals surface area contributed by atoms with Gasteiger partial charge in [-0.3, -0.25) is 4.98 Å². The minimum Gasteiger partial charge on any atom is -0.327 e. The van der Waals surface area contributed by atoms with Gasteiger partial charge in [0, 0.05) is 12.4 Å². The van der Waals surface area contributed by atoms with Crippen LogP contribution in [0, 0.1) is 6.92 Å². The van der Waals surface area contributed by atoms with E-state index in [-0.39, 0.29) is 0 Å². The summed E-state index contributed by atoms with van der Waals surface area (Å²) in [7, 11) is 0. The Bertz CT molecular complexity index is 433. The molecule has 2 aromatic rings. The summed E-state index contributed by atoms with van der Waals surface area (Å²) in [4.78, 5) is 8.39. The number of hydrogen-bond acceptors (Lipinski definition) is 2. The smallest absolute Gasteiger partial charge is 0.0952 e. The molecule has 0 aromatic carbocycles. The normalized spacial score (nSPS) is 10.5. The molecule has 0 aliphatic heterocycles. The molecule has 0 saturated heterocycles. The summed E-state index contributed by atoms with van der Waals surface area (Å²) in [6.07, 6.45) is 5.42. The lowest BCUT2D eigenvalue weighted by Crippen LogP contribution is -2.03. The zero-order valence-corrected chi connectivity index (χ0v) is 9.28. The first-order chi connectivity index (χ1) is 7.29. The topological polar surface area (TPSA) is 30.7 Å². The highest BCUT2D eigenvalue weighted by Crippen LogP contribution is 2.07. The lowest BCUT2D eigenvalue weighted by Gasteiger charge is -2.05. The van der Waals surface area contributed by atoms with Crippen molar-refractivity contribution in [1.82, 2.24) is 14.5 Å². The van der Waals surface area contributed by atoms with Crippen LogP contribution < -0.4 is 0 Å². The van der Waals surface area contributed by atoms with Gasteiger partial charge in [-0.2, -0.15) is 0 Å². The Hall–Kier alpha value is -1.35. The van der Waals surface area contributed by atoms with E-state index in [1.165, 1.54) is 5.56 Å².